The molecule has 3 rings (SSSR count). The van der Waals surface area contributed by atoms with Gasteiger partial charge in [-0.05, 0) is 35.9 Å². The van der Waals surface area contributed by atoms with Crippen molar-refractivity contribution in [3.8, 4) is 17.6 Å². The molecule has 1 amide bonds. The fourth-order valence-corrected chi connectivity index (χ4v) is 2.20. The smallest absolute Gasteiger partial charge is 0.266 e. The molecule has 0 saturated carbocycles. The summed E-state index contributed by atoms with van der Waals surface area (Å²) < 4.78 is 5.73. The van der Waals surface area contributed by atoms with Gasteiger partial charge in [0.25, 0.3) is 11.5 Å². The number of anilines is 1. The van der Waals surface area contributed by atoms with Crippen LogP contribution in [-0.2, 0) is 6.42 Å². The fraction of sp³-hybridized carbons (Fsp3) is 0.0556. The summed E-state index contributed by atoms with van der Waals surface area (Å²) in [4.78, 5) is 23.3. The van der Waals surface area contributed by atoms with Crippen LogP contribution in [-0.4, -0.2) is 16.1 Å². The Morgan fingerprint density at radius 2 is 1.88 bits per heavy atom. The molecular formula is C18H14N4O3. The van der Waals surface area contributed by atoms with Crippen molar-refractivity contribution >= 4 is 11.7 Å². The highest BCUT2D eigenvalue weighted by atomic mass is 16.5. The Kier molecular flexibility index (Phi) is 4.62. The third-order valence-electron chi connectivity index (χ3n) is 3.38. The van der Waals surface area contributed by atoms with Crippen LogP contribution in [0.5, 0.6) is 11.5 Å². The number of nitriles is 1. The lowest BCUT2D eigenvalue weighted by Crippen LogP contribution is -2.12. The highest BCUT2D eigenvalue weighted by Gasteiger charge is 2.09. The lowest BCUT2D eigenvalue weighted by molar-refractivity contribution is 0.102. The second kappa shape index (κ2) is 7.19. The molecule has 7 nitrogen and oxygen atoms in total. The van der Waals surface area contributed by atoms with Crippen LogP contribution in [0.2, 0.25) is 0 Å². The Bertz CT molecular complexity index is 980. The van der Waals surface area contributed by atoms with Crippen LogP contribution in [0.15, 0.2) is 59.4 Å². The maximum Gasteiger partial charge on any atom is 0.266 e. The third kappa shape index (κ3) is 4.14. The Morgan fingerprint density at radius 3 is 2.56 bits per heavy atom. The van der Waals surface area contributed by atoms with Crippen LogP contribution < -0.4 is 15.6 Å². The van der Waals surface area contributed by atoms with Gasteiger partial charge in [-0.2, -0.15) is 5.26 Å². The number of hydrogen-bond acceptors (Lipinski definition) is 4. The van der Waals surface area contributed by atoms with E-state index in [4.69, 9.17) is 10.00 Å². The molecule has 7 heteroatoms. The van der Waals surface area contributed by atoms with Crippen LogP contribution in [0.25, 0.3) is 0 Å². The van der Waals surface area contributed by atoms with Crippen LogP contribution >= 0.6 is 0 Å². The number of aromatic nitrogens is 2. The first-order chi connectivity index (χ1) is 12.1. The lowest BCUT2D eigenvalue weighted by Gasteiger charge is -2.08. The number of rotatable bonds is 5. The summed E-state index contributed by atoms with van der Waals surface area (Å²) >= 11 is 0. The molecule has 0 bridgehead atoms. The molecular weight excluding hydrogens is 320 g/mol. The lowest BCUT2D eigenvalue weighted by atomic mass is 10.1. The van der Waals surface area contributed by atoms with Crippen molar-refractivity contribution in [2.45, 2.75) is 6.42 Å². The monoisotopic (exact) mass is 334 g/mol. The van der Waals surface area contributed by atoms with Crippen LogP contribution in [0.1, 0.15) is 15.9 Å². The summed E-state index contributed by atoms with van der Waals surface area (Å²) in [6, 6.07) is 17.2. The van der Waals surface area contributed by atoms with Gasteiger partial charge in [-0.3, -0.25) is 19.8 Å². The molecule has 25 heavy (non-hydrogen) atoms. The van der Waals surface area contributed by atoms with E-state index in [1.807, 2.05) is 12.1 Å². The number of hydrogen-bond donors (Lipinski definition) is 3. The van der Waals surface area contributed by atoms with Gasteiger partial charge in [0.15, 0.2) is 0 Å². The molecule has 3 N–H and O–H groups in total. The number of benzene rings is 2. The third-order valence-corrected chi connectivity index (χ3v) is 3.38. The second-order valence-electron chi connectivity index (χ2n) is 5.24. The van der Waals surface area contributed by atoms with Gasteiger partial charge in [0, 0.05) is 11.6 Å². The van der Waals surface area contributed by atoms with Gasteiger partial charge < -0.3 is 10.1 Å². The van der Waals surface area contributed by atoms with E-state index in [-0.39, 0.29) is 17.3 Å². The Morgan fingerprint density at radius 1 is 1.08 bits per heavy atom. The van der Waals surface area contributed by atoms with Gasteiger partial charge in [-0.15, -0.1) is 0 Å². The predicted octanol–water partition coefficient (Wildman–Crippen LogP) is 2.81. The second-order valence-corrected chi connectivity index (χ2v) is 5.24. The average molecular weight is 334 g/mol. The summed E-state index contributed by atoms with van der Waals surface area (Å²) in [7, 11) is 0. The Balaban J connectivity index is 1.71. The number of amides is 1. The molecule has 0 atom stereocenters. The summed E-state index contributed by atoms with van der Waals surface area (Å²) in [6.07, 6.45) is 0.344. The molecule has 0 spiro atoms. The predicted molar refractivity (Wildman–Crippen MR) is 91.6 cm³/mol. The van der Waals surface area contributed by atoms with E-state index in [1.54, 1.807) is 36.4 Å². The molecule has 1 heterocycles. The van der Waals surface area contributed by atoms with Crippen LogP contribution in [0, 0.1) is 11.3 Å². The van der Waals surface area contributed by atoms with Crippen molar-refractivity contribution in [1.82, 2.24) is 10.2 Å². The molecule has 0 fully saturated rings. The molecule has 0 radical (unpaired) electrons. The van der Waals surface area contributed by atoms with Crippen molar-refractivity contribution in [2.75, 3.05) is 5.32 Å². The summed E-state index contributed by atoms with van der Waals surface area (Å²) in [5.41, 5.74) is 0.969. The summed E-state index contributed by atoms with van der Waals surface area (Å²) in [6.45, 7) is 0. The SMILES string of the molecule is N#CCc1ccc(Oc2cccc(C(=O)Nc3cc(=O)[nH][nH]3)c2)cc1. The molecule has 124 valence electrons. The van der Waals surface area contributed by atoms with E-state index in [1.165, 1.54) is 6.07 Å². The molecule has 1 aromatic heterocycles. The molecule has 0 saturated heterocycles. The van der Waals surface area contributed by atoms with Gasteiger partial charge in [-0.25, -0.2) is 0 Å². The van der Waals surface area contributed by atoms with E-state index in [2.05, 4.69) is 21.6 Å². The van der Waals surface area contributed by atoms with Crippen molar-refractivity contribution < 1.29 is 9.53 Å². The van der Waals surface area contributed by atoms with E-state index < -0.39 is 0 Å². The largest absolute Gasteiger partial charge is 0.457 e. The minimum atomic E-state index is -0.370. The first kappa shape index (κ1) is 16.1. The zero-order chi connectivity index (χ0) is 17.6. The summed E-state index contributed by atoms with van der Waals surface area (Å²) in [5, 5.41) is 16.1. The standard InChI is InChI=1S/C18H14N4O3/c19-9-8-12-4-6-14(7-5-12)25-15-3-1-2-13(10-15)18(24)20-16-11-17(23)22-21-16/h1-7,10-11H,8H2,(H3,20,21,22,23,24). The van der Waals surface area contributed by atoms with Gasteiger partial charge in [0.05, 0.1) is 12.5 Å². The quantitative estimate of drug-likeness (QED) is 0.666. The van der Waals surface area contributed by atoms with Gasteiger partial charge in [-0.1, -0.05) is 18.2 Å². The van der Waals surface area contributed by atoms with Gasteiger partial charge >= 0.3 is 0 Å². The zero-order valence-electron chi connectivity index (χ0n) is 13.1. The normalized spacial score (nSPS) is 10.0. The number of carbonyl (C=O) groups is 1. The van der Waals surface area contributed by atoms with E-state index in [0.717, 1.165) is 5.56 Å². The highest BCUT2D eigenvalue weighted by molar-refractivity contribution is 6.03. The van der Waals surface area contributed by atoms with Crippen molar-refractivity contribution in [1.29, 1.82) is 5.26 Å². The zero-order valence-corrected chi connectivity index (χ0v) is 13.1. The Hall–Kier alpha value is -3.79. The minimum Gasteiger partial charge on any atom is -0.457 e. The number of nitrogens with one attached hydrogen (secondary N) is 3. The topological polar surface area (TPSA) is 111 Å². The van der Waals surface area contributed by atoms with Crippen LogP contribution in [0.3, 0.4) is 0 Å². The molecule has 2 aromatic carbocycles. The highest BCUT2D eigenvalue weighted by Crippen LogP contribution is 2.23. The van der Waals surface area contributed by atoms with Gasteiger partial charge in [0.1, 0.15) is 17.3 Å². The molecule has 3 aromatic rings. The first-order valence-corrected chi connectivity index (χ1v) is 7.47. The van der Waals surface area contributed by atoms with Crippen molar-refractivity contribution in [3.05, 3.63) is 76.1 Å². The summed E-state index contributed by atoms with van der Waals surface area (Å²) in [5.74, 6) is 1.02. The van der Waals surface area contributed by atoms with E-state index >= 15 is 0 Å². The Labute approximate surface area is 142 Å². The first-order valence-electron chi connectivity index (χ1n) is 7.47. The number of carbonyl (C=O) groups excluding carboxylic acids is 1. The number of nitrogens with zero attached hydrogens (tertiary/aromatic N) is 1. The number of aromatic amines is 2. The minimum absolute atomic E-state index is 0.286. The number of ether oxygens (including phenoxy) is 1. The maximum atomic E-state index is 12.2. The van der Waals surface area contributed by atoms with E-state index in [0.29, 0.717) is 23.5 Å². The van der Waals surface area contributed by atoms with Crippen LogP contribution in [0.4, 0.5) is 5.82 Å². The maximum absolute atomic E-state index is 12.2. The molecule has 0 aliphatic heterocycles. The van der Waals surface area contributed by atoms with Gasteiger partial charge in [0.2, 0.25) is 0 Å². The number of H-pyrrole nitrogens is 2. The molecule has 0 aliphatic rings. The van der Waals surface area contributed by atoms with Crippen molar-refractivity contribution in [3.63, 3.8) is 0 Å². The fourth-order valence-electron chi connectivity index (χ4n) is 2.20. The van der Waals surface area contributed by atoms with Crippen molar-refractivity contribution in [2.24, 2.45) is 0 Å². The average Bonchev–Trinajstić information content (AvgIpc) is 3.02. The molecule has 0 unspecified atom stereocenters. The molecule has 0 aliphatic carbocycles. The van der Waals surface area contributed by atoms with E-state index in [9.17, 15) is 9.59 Å².